The number of thioether (sulfide) groups is 1. The first kappa shape index (κ1) is 15.8. The van der Waals surface area contributed by atoms with Crippen LogP contribution in [0, 0.1) is 0 Å². The van der Waals surface area contributed by atoms with E-state index < -0.39 is 0 Å². The zero-order chi connectivity index (χ0) is 14.3. The van der Waals surface area contributed by atoms with E-state index in [1.807, 2.05) is 26.2 Å². The predicted molar refractivity (Wildman–Crippen MR) is 79.7 cm³/mol. The highest BCUT2D eigenvalue weighted by molar-refractivity contribution is 7.99. The molecule has 0 aliphatic carbocycles. The summed E-state index contributed by atoms with van der Waals surface area (Å²) in [6.07, 6.45) is 3.57. The average molecular weight is 283 g/mol. The number of amides is 1. The molecule has 1 rings (SSSR count). The Hall–Kier alpha value is -1.27. The molecule has 1 aromatic heterocycles. The van der Waals surface area contributed by atoms with E-state index in [-0.39, 0.29) is 23.8 Å². The lowest BCUT2D eigenvalue weighted by Gasteiger charge is -2.22. The molecule has 3 N–H and O–H groups in total. The largest absolute Gasteiger partial charge is 0.395 e. The Bertz CT molecular complexity index is 411. The van der Waals surface area contributed by atoms with E-state index in [9.17, 15) is 9.90 Å². The van der Waals surface area contributed by atoms with E-state index in [0.717, 1.165) is 5.69 Å². The van der Waals surface area contributed by atoms with Crippen LogP contribution >= 0.6 is 11.8 Å². The van der Waals surface area contributed by atoms with Crippen LogP contribution in [0.1, 0.15) is 24.3 Å². The molecule has 1 heterocycles. The molecule has 0 fully saturated rings. The Kier molecular flexibility index (Phi) is 6.66. The van der Waals surface area contributed by atoms with Gasteiger partial charge in [-0.05, 0) is 32.2 Å². The fourth-order valence-corrected chi connectivity index (χ4v) is 2.31. The number of carbonyl (C=O) groups excluding carboxylic acids is 1. The highest BCUT2D eigenvalue weighted by Gasteiger charge is 2.15. The number of hydrogen-bond acceptors (Lipinski definition) is 5. The molecule has 2 atom stereocenters. The van der Waals surface area contributed by atoms with Gasteiger partial charge in [0.25, 0.3) is 5.91 Å². The van der Waals surface area contributed by atoms with E-state index in [1.54, 1.807) is 24.0 Å². The highest BCUT2D eigenvalue weighted by atomic mass is 32.2. The van der Waals surface area contributed by atoms with Crippen molar-refractivity contribution >= 4 is 23.4 Å². The second-order valence-corrected chi connectivity index (χ2v) is 5.26. The molecule has 0 radical (unpaired) electrons. The molecule has 0 aromatic carbocycles. The molecule has 0 aliphatic rings. The first-order chi connectivity index (χ1) is 9.12. The number of aromatic nitrogens is 1. The lowest BCUT2D eigenvalue weighted by atomic mass is 10.2. The summed E-state index contributed by atoms with van der Waals surface area (Å²) in [4.78, 5) is 15.7. The third kappa shape index (κ3) is 4.72. The number of pyridine rings is 1. The van der Waals surface area contributed by atoms with Gasteiger partial charge in [-0.1, -0.05) is 0 Å². The number of anilines is 1. The van der Waals surface area contributed by atoms with Crippen molar-refractivity contribution in [1.29, 1.82) is 0 Å². The summed E-state index contributed by atoms with van der Waals surface area (Å²) in [7, 11) is 0. The van der Waals surface area contributed by atoms with Gasteiger partial charge in [0.05, 0.1) is 6.61 Å². The summed E-state index contributed by atoms with van der Waals surface area (Å²) in [6.45, 7) is 4.56. The first-order valence-corrected chi connectivity index (χ1v) is 7.55. The second-order valence-electron chi connectivity index (χ2n) is 4.18. The van der Waals surface area contributed by atoms with Gasteiger partial charge in [-0.3, -0.25) is 9.78 Å². The summed E-state index contributed by atoms with van der Waals surface area (Å²) in [5.41, 5.74) is 1.22. The third-order valence-corrected chi connectivity index (χ3v) is 3.93. The van der Waals surface area contributed by atoms with Gasteiger partial charge in [0.1, 0.15) is 5.69 Å². The summed E-state index contributed by atoms with van der Waals surface area (Å²) in [5, 5.41) is 15.4. The minimum Gasteiger partial charge on any atom is -0.395 e. The number of aliphatic hydroxyl groups is 1. The Morgan fingerprint density at radius 2 is 2.32 bits per heavy atom. The van der Waals surface area contributed by atoms with E-state index in [0.29, 0.717) is 12.2 Å². The molecule has 0 saturated heterocycles. The van der Waals surface area contributed by atoms with Crippen LogP contribution in [0.15, 0.2) is 18.3 Å². The topological polar surface area (TPSA) is 74.2 Å². The molecular formula is C13H21N3O2S. The number of nitrogens with zero attached hydrogens (tertiary/aromatic N) is 1. The molecule has 0 saturated carbocycles. The van der Waals surface area contributed by atoms with Gasteiger partial charge < -0.3 is 15.7 Å². The standard InChI is InChI=1S/C13H21N3O2S/c1-4-14-13(18)11-7-10(5-6-15-11)16-9(2)12(8-17)19-3/h5-7,9,12,17H,4,8H2,1-3H3,(H,14,18)(H,15,16). The number of hydrogen-bond donors (Lipinski definition) is 3. The van der Waals surface area contributed by atoms with Crippen LogP contribution in [0.5, 0.6) is 0 Å². The smallest absolute Gasteiger partial charge is 0.269 e. The van der Waals surface area contributed by atoms with E-state index in [4.69, 9.17) is 0 Å². The molecule has 5 nitrogen and oxygen atoms in total. The SMILES string of the molecule is CCNC(=O)c1cc(NC(C)C(CO)SC)ccn1. The molecule has 2 unspecified atom stereocenters. The van der Waals surface area contributed by atoms with Crippen LogP contribution in [0.2, 0.25) is 0 Å². The number of nitrogens with one attached hydrogen (secondary N) is 2. The maximum atomic E-state index is 11.7. The van der Waals surface area contributed by atoms with Crippen molar-refractivity contribution in [2.45, 2.75) is 25.1 Å². The first-order valence-electron chi connectivity index (χ1n) is 6.26. The van der Waals surface area contributed by atoms with Crippen molar-refractivity contribution in [3.63, 3.8) is 0 Å². The van der Waals surface area contributed by atoms with Gasteiger partial charge in [-0.25, -0.2) is 0 Å². The van der Waals surface area contributed by atoms with Crippen LogP contribution in [-0.2, 0) is 0 Å². The lowest BCUT2D eigenvalue weighted by molar-refractivity contribution is 0.0951. The molecule has 0 bridgehead atoms. The molecule has 0 spiro atoms. The van der Waals surface area contributed by atoms with Crippen molar-refractivity contribution in [2.75, 3.05) is 24.7 Å². The Morgan fingerprint density at radius 3 is 2.89 bits per heavy atom. The summed E-state index contributed by atoms with van der Waals surface area (Å²) in [6, 6.07) is 3.63. The summed E-state index contributed by atoms with van der Waals surface area (Å²) < 4.78 is 0. The molecule has 1 aromatic rings. The zero-order valence-corrected chi connectivity index (χ0v) is 12.3. The van der Waals surface area contributed by atoms with E-state index in [1.165, 1.54) is 0 Å². The van der Waals surface area contributed by atoms with Crippen LogP contribution in [0.25, 0.3) is 0 Å². The van der Waals surface area contributed by atoms with E-state index >= 15 is 0 Å². The van der Waals surface area contributed by atoms with Crippen LogP contribution < -0.4 is 10.6 Å². The minimum absolute atomic E-state index is 0.101. The molecular weight excluding hydrogens is 262 g/mol. The molecule has 106 valence electrons. The highest BCUT2D eigenvalue weighted by Crippen LogP contribution is 2.16. The fraction of sp³-hybridized carbons (Fsp3) is 0.538. The van der Waals surface area contributed by atoms with Crippen molar-refractivity contribution in [1.82, 2.24) is 10.3 Å². The van der Waals surface area contributed by atoms with E-state index in [2.05, 4.69) is 15.6 Å². The van der Waals surface area contributed by atoms with Crippen LogP contribution in [-0.4, -0.2) is 46.7 Å². The third-order valence-electron chi connectivity index (χ3n) is 2.76. The van der Waals surface area contributed by atoms with Gasteiger partial charge in [0.15, 0.2) is 0 Å². The van der Waals surface area contributed by atoms with Gasteiger partial charge >= 0.3 is 0 Å². The van der Waals surface area contributed by atoms with Gasteiger partial charge in [-0.15, -0.1) is 0 Å². The maximum Gasteiger partial charge on any atom is 0.269 e. The fourth-order valence-electron chi connectivity index (χ4n) is 1.69. The molecule has 1 amide bonds. The maximum absolute atomic E-state index is 11.7. The molecule has 19 heavy (non-hydrogen) atoms. The summed E-state index contributed by atoms with van der Waals surface area (Å²) >= 11 is 1.61. The number of aliphatic hydroxyl groups excluding tert-OH is 1. The predicted octanol–water partition coefficient (Wildman–Crippen LogP) is 1.36. The average Bonchev–Trinajstić information content (AvgIpc) is 2.40. The number of carbonyl (C=O) groups is 1. The van der Waals surface area contributed by atoms with Crippen molar-refractivity contribution in [2.24, 2.45) is 0 Å². The lowest BCUT2D eigenvalue weighted by Crippen LogP contribution is -2.31. The normalized spacial score (nSPS) is 13.7. The van der Waals surface area contributed by atoms with Crippen molar-refractivity contribution in [3.05, 3.63) is 24.0 Å². The minimum atomic E-state index is -0.178. The Balaban J connectivity index is 2.74. The monoisotopic (exact) mass is 283 g/mol. The van der Waals surface area contributed by atoms with Gasteiger partial charge in [0, 0.05) is 29.7 Å². The van der Waals surface area contributed by atoms with Crippen molar-refractivity contribution in [3.8, 4) is 0 Å². The quantitative estimate of drug-likeness (QED) is 0.704. The Labute approximate surface area is 118 Å². The van der Waals surface area contributed by atoms with Crippen LogP contribution in [0.3, 0.4) is 0 Å². The van der Waals surface area contributed by atoms with Crippen LogP contribution in [0.4, 0.5) is 5.69 Å². The van der Waals surface area contributed by atoms with Crippen molar-refractivity contribution < 1.29 is 9.90 Å². The van der Waals surface area contributed by atoms with Gasteiger partial charge in [-0.2, -0.15) is 11.8 Å². The second kappa shape index (κ2) is 8.01. The number of rotatable bonds is 7. The zero-order valence-electron chi connectivity index (χ0n) is 11.5. The molecule has 0 aliphatic heterocycles. The Morgan fingerprint density at radius 1 is 1.58 bits per heavy atom. The summed E-state index contributed by atoms with van der Waals surface area (Å²) in [5.74, 6) is -0.178. The van der Waals surface area contributed by atoms with Gasteiger partial charge in [0.2, 0.25) is 0 Å². The molecule has 6 heteroatoms.